The van der Waals surface area contributed by atoms with Crippen LogP contribution in [0.1, 0.15) is 21.5 Å². The Morgan fingerprint density at radius 3 is 2.44 bits per heavy atom. The molecule has 0 fully saturated rings. The molecule has 1 N–H and O–H groups in total. The first-order valence-corrected chi connectivity index (χ1v) is 12.6. The van der Waals surface area contributed by atoms with Crippen molar-refractivity contribution in [2.24, 2.45) is 4.99 Å². The molecule has 2 aliphatic heterocycles. The summed E-state index contributed by atoms with van der Waals surface area (Å²) in [5.41, 5.74) is 2.06. The summed E-state index contributed by atoms with van der Waals surface area (Å²) in [6.07, 6.45) is 1.49. The number of thioether (sulfide) groups is 1. The fourth-order valence-corrected chi connectivity index (χ4v) is 5.02. The molecule has 196 valence electrons. The highest BCUT2D eigenvalue weighted by Gasteiger charge is 2.36. The molecule has 0 spiro atoms. The number of aliphatic imine (C=N–C) groups is 1. The van der Waals surface area contributed by atoms with Crippen LogP contribution in [0, 0.1) is 11.2 Å². The number of esters is 1. The van der Waals surface area contributed by atoms with Crippen LogP contribution in [0.3, 0.4) is 0 Å². The lowest BCUT2D eigenvalue weighted by Crippen LogP contribution is -2.38. The van der Waals surface area contributed by atoms with Gasteiger partial charge in [0, 0.05) is 5.41 Å². The molecule has 8 nitrogen and oxygen atoms in total. The van der Waals surface area contributed by atoms with E-state index < -0.39 is 11.9 Å². The Morgan fingerprint density at radius 2 is 1.74 bits per heavy atom. The van der Waals surface area contributed by atoms with Crippen LogP contribution in [0.2, 0.25) is 5.02 Å². The zero-order valence-corrected chi connectivity index (χ0v) is 22.1. The van der Waals surface area contributed by atoms with Crippen molar-refractivity contribution in [2.75, 3.05) is 14.2 Å². The summed E-state index contributed by atoms with van der Waals surface area (Å²) in [4.78, 5) is 31.1. The van der Waals surface area contributed by atoms with Crippen molar-refractivity contribution in [3.8, 4) is 17.2 Å². The van der Waals surface area contributed by atoms with Gasteiger partial charge in [0.1, 0.15) is 17.4 Å². The highest BCUT2D eigenvalue weighted by molar-refractivity contribution is 8.17. The van der Waals surface area contributed by atoms with E-state index in [9.17, 15) is 14.0 Å². The van der Waals surface area contributed by atoms with Crippen molar-refractivity contribution in [3.05, 3.63) is 99.2 Å². The van der Waals surface area contributed by atoms with Gasteiger partial charge in [0.2, 0.25) is 0 Å². The number of methoxy groups -OCH3 is 2. The Bertz CT molecular complexity index is 1620. The van der Waals surface area contributed by atoms with Gasteiger partial charge in [0.25, 0.3) is 5.91 Å². The number of amidine groups is 2. The van der Waals surface area contributed by atoms with E-state index in [1.807, 2.05) is 0 Å². The van der Waals surface area contributed by atoms with Crippen LogP contribution >= 0.6 is 23.4 Å². The van der Waals surface area contributed by atoms with E-state index in [0.29, 0.717) is 33.5 Å². The lowest BCUT2D eigenvalue weighted by molar-refractivity contribution is -0.114. The normalized spacial score (nSPS) is 15.6. The smallest absolute Gasteiger partial charge is 0.343 e. The zero-order valence-electron chi connectivity index (χ0n) is 20.5. The zero-order chi connectivity index (χ0) is 27.7. The summed E-state index contributed by atoms with van der Waals surface area (Å²) in [5.74, 6) is -0.727. The van der Waals surface area contributed by atoms with Gasteiger partial charge >= 0.3 is 5.97 Å². The van der Waals surface area contributed by atoms with Crippen LogP contribution in [-0.4, -0.2) is 42.0 Å². The van der Waals surface area contributed by atoms with E-state index in [4.69, 9.17) is 31.2 Å². The highest BCUT2D eigenvalue weighted by atomic mass is 35.5. The molecule has 0 atom stereocenters. The average Bonchev–Trinajstić information content (AvgIpc) is 3.36. The molecule has 0 aliphatic carbocycles. The van der Waals surface area contributed by atoms with Crippen molar-refractivity contribution in [3.63, 3.8) is 0 Å². The van der Waals surface area contributed by atoms with Gasteiger partial charge in [-0.05, 0) is 71.8 Å². The third-order valence-electron chi connectivity index (χ3n) is 5.84. The molecular weight excluding hydrogens is 545 g/mol. The molecule has 0 saturated carbocycles. The first kappa shape index (κ1) is 26.2. The Kier molecular flexibility index (Phi) is 7.23. The lowest BCUT2D eigenvalue weighted by atomic mass is 10.1. The number of halogens is 2. The molecule has 0 unspecified atom stereocenters. The molecule has 3 aromatic rings. The fraction of sp³-hybridized carbons (Fsp3) is 0.0714. The van der Waals surface area contributed by atoms with E-state index in [0.717, 1.165) is 0 Å². The largest absolute Gasteiger partial charge is 0.493 e. The SMILES string of the molecule is COc1ccc(C(=O)Oc2ccc(C=C3C(=N)N4C(c5ccc(F)cc5)=CSC4=NC3=O)cc2Cl)cc1OC. The van der Waals surface area contributed by atoms with Crippen LogP contribution < -0.4 is 14.2 Å². The number of carbonyl (C=O) groups excluding carboxylic acids is 2. The number of ether oxygens (including phenoxy) is 3. The van der Waals surface area contributed by atoms with Gasteiger partial charge < -0.3 is 14.2 Å². The molecule has 3 aromatic carbocycles. The molecule has 2 heterocycles. The Balaban J connectivity index is 1.37. The number of carbonyl (C=O) groups is 2. The van der Waals surface area contributed by atoms with Gasteiger partial charge in [-0.2, -0.15) is 4.99 Å². The number of fused-ring (bicyclic) bond motifs is 1. The van der Waals surface area contributed by atoms with Gasteiger partial charge in [-0.3, -0.25) is 15.1 Å². The first-order chi connectivity index (χ1) is 18.8. The van der Waals surface area contributed by atoms with Gasteiger partial charge in [-0.25, -0.2) is 9.18 Å². The van der Waals surface area contributed by atoms with Crippen molar-refractivity contribution in [2.45, 2.75) is 0 Å². The second-order valence-electron chi connectivity index (χ2n) is 8.22. The molecule has 0 radical (unpaired) electrons. The van der Waals surface area contributed by atoms with E-state index in [2.05, 4.69) is 4.99 Å². The summed E-state index contributed by atoms with van der Waals surface area (Å²) in [5, 5.41) is 11.0. The summed E-state index contributed by atoms with van der Waals surface area (Å²) < 4.78 is 29.3. The number of rotatable bonds is 6. The van der Waals surface area contributed by atoms with Gasteiger partial charge in [-0.15, -0.1) is 0 Å². The Hall–Kier alpha value is -4.41. The second-order valence-corrected chi connectivity index (χ2v) is 9.46. The number of nitrogens with one attached hydrogen (secondary N) is 1. The quantitative estimate of drug-likeness (QED) is 0.222. The standard InChI is InChI=1S/C28H19ClFN3O5S/c1-36-23-10-6-17(13-24(23)37-2)27(35)38-22-9-3-15(12-20(22)29)11-19-25(31)33-21(14-39-28(33)32-26(19)34)16-4-7-18(30)8-5-16/h3-14,31H,1-2H3. The first-order valence-electron chi connectivity index (χ1n) is 11.4. The fourth-order valence-electron chi connectivity index (χ4n) is 3.90. The molecule has 0 bridgehead atoms. The number of benzene rings is 3. The number of nitrogens with zero attached hydrogens (tertiary/aromatic N) is 2. The summed E-state index contributed by atoms with van der Waals surface area (Å²) >= 11 is 7.60. The molecule has 11 heteroatoms. The van der Waals surface area contributed by atoms with E-state index >= 15 is 0 Å². The maximum atomic E-state index is 13.4. The molecule has 2 aliphatic rings. The van der Waals surface area contributed by atoms with Gasteiger partial charge in [-0.1, -0.05) is 29.4 Å². The monoisotopic (exact) mass is 563 g/mol. The summed E-state index contributed by atoms with van der Waals surface area (Å²) in [6.45, 7) is 0. The maximum Gasteiger partial charge on any atom is 0.343 e. The predicted octanol–water partition coefficient (Wildman–Crippen LogP) is 6.02. The molecule has 0 aromatic heterocycles. The topological polar surface area (TPSA) is 101 Å². The Morgan fingerprint density at radius 1 is 1.03 bits per heavy atom. The predicted molar refractivity (Wildman–Crippen MR) is 148 cm³/mol. The summed E-state index contributed by atoms with van der Waals surface area (Å²) in [6, 6.07) is 15.1. The van der Waals surface area contributed by atoms with Crippen molar-refractivity contribution < 1.29 is 28.2 Å². The van der Waals surface area contributed by atoms with E-state index in [-0.39, 0.29) is 33.6 Å². The number of hydrogen-bond acceptors (Lipinski definition) is 7. The van der Waals surface area contributed by atoms with Crippen LogP contribution in [0.5, 0.6) is 17.2 Å². The number of hydrogen-bond donors (Lipinski definition) is 1. The van der Waals surface area contributed by atoms with Gasteiger partial charge in [0.15, 0.2) is 16.7 Å². The van der Waals surface area contributed by atoms with Crippen LogP contribution in [0.4, 0.5) is 4.39 Å². The molecule has 0 saturated heterocycles. The maximum absolute atomic E-state index is 13.4. The second kappa shape index (κ2) is 10.8. The van der Waals surface area contributed by atoms with E-state index in [1.165, 1.54) is 73.4 Å². The molecule has 5 rings (SSSR count). The third-order valence-corrected chi connectivity index (χ3v) is 6.96. The van der Waals surface area contributed by atoms with Crippen LogP contribution in [0.15, 0.2) is 76.6 Å². The van der Waals surface area contributed by atoms with E-state index in [1.54, 1.807) is 29.7 Å². The summed E-state index contributed by atoms with van der Waals surface area (Å²) in [7, 11) is 2.95. The van der Waals surface area contributed by atoms with Crippen molar-refractivity contribution in [1.82, 2.24) is 4.90 Å². The van der Waals surface area contributed by atoms with Gasteiger partial charge in [0.05, 0.1) is 36.1 Å². The van der Waals surface area contributed by atoms with Crippen molar-refractivity contribution >= 4 is 58.0 Å². The molecule has 39 heavy (non-hydrogen) atoms. The molecule has 1 amide bonds. The van der Waals surface area contributed by atoms with Crippen molar-refractivity contribution in [1.29, 1.82) is 5.41 Å². The van der Waals surface area contributed by atoms with Crippen LogP contribution in [0.25, 0.3) is 11.8 Å². The Labute approximate surface area is 231 Å². The third kappa shape index (κ3) is 5.16. The number of amides is 1. The minimum absolute atomic E-state index is 0.0420. The lowest BCUT2D eigenvalue weighted by Gasteiger charge is -2.27. The van der Waals surface area contributed by atoms with Crippen LogP contribution in [-0.2, 0) is 4.79 Å². The molecular formula is C28H19ClFN3O5S. The minimum Gasteiger partial charge on any atom is -0.493 e. The highest BCUT2D eigenvalue weighted by Crippen LogP contribution is 2.38. The minimum atomic E-state index is -0.651. The average molecular weight is 564 g/mol.